The van der Waals surface area contributed by atoms with Gasteiger partial charge in [-0.1, -0.05) is 13.3 Å². The highest BCUT2D eigenvalue weighted by Gasteiger charge is 2.40. The average molecular weight is 317 g/mol. The van der Waals surface area contributed by atoms with Crippen LogP contribution < -0.4 is 4.74 Å². The lowest BCUT2D eigenvalue weighted by Crippen LogP contribution is -2.32. The molecule has 0 aromatic carbocycles. The predicted octanol–water partition coefficient (Wildman–Crippen LogP) is 1.19. The molecule has 3 atom stereocenters. The molecule has 2 unspecified atom stereocenters. The van der Waals surface area contributed by atoms with Crippen LogP contribution in [-0.4, -0.2) is 53.6 Å². The summed E-state index contributed by atoms with van der Waals surface area (Å²) in [4.78, 5) is 2.35. The lowest BCUT2D eigenvalue weighted by molar-refractivity contribution is 0.133. The van der Waals surface area contributed by atoms with Crippen LogP contribution in [0.5, 0.6) is 5.88 Å². The number of fused-ring (bicyclic) bond motifs is 2. The number of nitrogens with zero attached hydrogens (tertiary/aromatic N) is 3. The number of aromatic nitrogens is 2. The number of hydrogen-bond donors (Lipinski definition) is 0. The van der Waals surface area contributed by atoms with Crippen molar-refractivity contribution in [2.45, 2.75) is 37.3 Å². The molecule has 0 saturated carbocycles. The van der Waals surface area contributed by atoms with E-state index in [9.17, 15) is 8.42 Å². The summed E-state index contributed by atoms with van der Waals surface area (Å²) in [6, 6.07) is 0. The van der Waals surface area contributed by atoms with Crippen molar-refractivity contribution in [1.29, 1.82) is 0 Å². The molecule has 0 spiro atoms. The van der Waals surface area contributed by atoms with Crippen LogP contribution in [0.15, 0.2) is 5.03 Å². The summed E-state index contributed by atoms with van der Waals surface area (Å²) in [5.74, 6) is 0.832. The van der Waals surface area contributed by atoms with Gasteiger partial charge in [-0.3, -0.25) is 4.90 Å². The molecule has 2 fully saturated rings. The van der Waals surface area contributed by atoms with Crippen LogP contribution in [0.3, 0.4) is 0 Å². The van der Waals surface area contributed by atoms with E-state index in [-0.39, 0.29) is 22.8 Å². The summed E-state index contributed by atoms with van der Waals surface area (Å²) in [6.07, 6.45) is 2.67. The summed E-state index contributed by atoms with van der Waals surface area (Å²) >= 11 is 0.912. The van der Waals surface area contributed by atoms with E-state index >= 15 is 0 Å². The monoisotopic (exact) mass is 317 g/mol. The lowest BCUT2D eigenvalue weighted by Gasteiger charge is -2.22. The van der Waals surface area contributed by atoms with Gasteiger partial charge in [-0.05, 0) is 19.4 Å². The molecular formula is C12H19N3O3S2. The zero-order valence-corrected chi connectivity index (χ0v) is 13.1. The first-order chi connectivity index (χ1) is 9.60. The maximum absolute atomic E-state index is 12.2. The lowest BCUT2D eigenvalue weighted by atomic mass is 10.0. The summed E-state index contributed by atoms with van der Waals surface area (Å²) < 4.78 is 38.3. The largest absolute Gasteiger partial charge is 0.470 e. The minimum atomic E-state index is -3.37. The third-order valence-electron chi connectivity index (χ3n) is 4.03. The van der Waals surface area contributed by atoms with Crippen molar-refractivity contribution in [3.8, 4) is 5.88 Å². The van der Waals surface area contributed by atoms with E-state index < -0.39 is 9.84 Å². The number of unbranched alkanes of at least 4 members (excludes halogenated alkanes) is 1. The second kappa shape index (κ2) is 5.57. The maximum atomic E-state index is 12.2. The number of sulfone groups is 1. The Morgan fingerprint density at radius 3 is 2.90 bits per heavy atom. The molecule has 2 aliphatic rings. The van der Waals surface area contributed by atoms with Gasteiger partial charge in [0.25, 0.3) is 5.88 Å². The highest BCUT2D eigenvalue weighted by atomic mass is 32.2. The summed E-state index contributed by atoms with van der Waals surface area (Å²) in [7, 11) is -3.37. The van der Waals surface area contributed by atoms with Gasteiger partial charge in [-0.2, -0.15) is 4.37 Å². The Kier molecular flexibility index (Phi) is 3.96. The second-order valence-corrected chi connectivity index (χ2v) is 8.06. The first kappa shape index (κ1) is 14.2. The van der Waals surface area contributed by atoms with Crippen molar-refractivity contribution in [2.75, 3.05) is 25.4 Å². The Hall–Kier alpha value is -0.730. The maximum Gasteiger partial charge on any atom is 0.265 e. The SMILES string of the molecule is CCCCS(=O)(=O)c1nsnc1OC1CN2CC[C@@H]1C2. The highest BCUT2D eigenvalue weighted by molar-refractivity contribution is 7.91. The van der Waals surface area contributed by atoms with Crippen LogP contribution in [0.1, 0.15) is 26.2 Å². The van der Waals surface area contributed by atoms with E-state index in [1.165, 1.54) is 0 Å². The Morgan fingerprint density at radius 1 is 1.40 bits per heavy atom. The van der Waals surface area contributed by atoms with Gasteiger partial charge in [0.2, 0.25) is 14.9 Å². The standard InChI is InChI=1S/C12H19N3O3S2/c1-2-3-6-20(16,17)12-11(13-19-14-12)18-10-8-15-5-4-9(10)7-15/h9-10H,2-8H2,1H3/t9-,10?/m1/s1. The Bertz CT molecular complexity index is 572. The van der Waals surface area contributed by atoms with Crippen LogP contribution in [0.25, 0.3) is 0 Å². The van der Waals surface area contributed by atoms with Crippen LogP contribution in [0, 0.1) is 5.92 Å². The van der Waals surface area contributed by atoms with Gasteiger partial charge in [0.1, 0.15) is 6.10 Å². The van der Waals surface area contributed by atoms with Gasteiger partial charge in [0.15, 0.2) is 0 Å². The third-order valence-corrected chi connectivity index (χ3v) is 6.34. The fraction of sp³-hybridized carbons (Fsp3) is 0.833. The molecule has 0 radical (unpaired) electrons. The second-order valence-electron chi connectivity index (χ2n) is 5.51. The van der Waals surface area contributed by atoms with E-state index in [4.69, 9.17) is 4.74 Å². The number of hydrogen-bond acceptors (Lipinski definition) is 7. The van der Waals surface area contributed by atoms with Gasteiger partial charge < -0.3 is 4.74 Å². The average Bonchev–Trinajstić information content (AvgIpc) is 3.12. The van der Waals surface area contributed by atoms with Gasteiger partial charge >= 0.3 is 0 Å². The molecule has 112 valence electrons. The van der Waals surface area contributed by atoms with Crippen molar-refractivity contribution in [1.82, 2.24) is 13.6 Å². The number of ether oxygens (including phenoxy) is 1. The van der Waals surface area contributed by atoms with Gasteiger partial charge in [-0.15, -0.1) is 4.37 Å². The summed E-state index contributed by atoms with van der Waals surface area (Å²) in [6.45, 7) is 5.02. The molecule has 2 saturated heterocycles. The smallest absolute Gasteiger partial charge is 0.265 e. The van der Waals surface area contributed by atoms with Crippen molar-refractivity contribution in [2.24, 2.45) is 5.92 Å². The molecule has 0 aliphatic carbocycles. The van der Waals surface area contributed by atoms with Crippen LogP contribution >= 0.6 is 11.7 Å². The number of rotatable bonds is 6. The molecule has 6 nitrogen and oxygen atoms in total. The minimum Gasteiger partial charge on any atom is -0.470 e. The van der Waals surface area contributed by atoms with Crippen LogP contribution in [0.2, 0.25) is 0 Å². The van der Waals surface area contributed by atoms with Gasteiger partial charge in [-0.25, -0.2) is 8.42 Å². The van der Waals surface area contributed by atoms with Crippen molar-refractivity contribution in [3.05, 3.63) is 0 Å². The molecular weight excluding hydrogens is 298 g/mol. The quantitative estimate of drug-likeness (QED) is 0.785. The zero-order chi connectivity index (χ0) is 14.2. The molecule has 3 rings (SSSR count). The molecule has 8 heteroatoms. The predicted molar refractivity (Wildman–Crippen MR) is 75.8 cm³/mol. The highest BCUT2D eigenvalue weighted by Crippen LogP contribution is 2.32. The molecule has 3 heterocycles. The molecule has 1 aromatic rings. The third kappa shape index (κ3) is 2.68. The Morgan fingerprint density at radius 2 is 2.25 bits per heavy atom. The van der Waals surface area contributed by atoms with Gasteiger partial charge in [0.05, 0.1) is 17.5 Å². The summed E-state index contributed by atoms with van der Waals surface area (Å²) in [5, 5.41) is 0.0359. The minimum absolute atomic E-state index is 0.0359. The van der Waals surface area contributed by atoms with Gasteiger partial charge in [0, 0.05) is 19.0 Å². The fourth-order valence-electron chi connectivity index (χ4n) is 2.88. The normalized spacial score (nSPS) is 28.9. The molecule has 0 amide bonds. The van der Waals surface area contributed by atoms with Crippen molar-refractivity contribution in [3.63, 3.8) is 0 Å². The Labute approximate surface area is 123 Å². The molecule has 2 bridgehead atoms. The van der Waals surface area contributed by atoms with E-state index in [1.54, 1.807) is 0 Å². The Balaban J connectivity index is 1.73. The summed E-state index contributed by atoms with van der Waals surface area (Å²) in [5.41, 5.74) is 0. The first-order valence-corrected chi connectivity index (χ1v) is 9.42. The van der Waals surface area contributed by atoms with E-state index in [2.05, 4.69) is 13.6 Å². The molecule has 0 N–H and O–H groups in total. The van der Waals surface area contributed by atoms with Crippen molar-refractivity contribution >= 4 is 21.6 Å². The number of piperidine rings is 1. The molecule has 1 aromatic heterocycles. The topological polar surface area (TPSA) is 72.4 Å². The zero-order valence-electron chi connectivity index (χ0n) is 11.5. The molecule has 2 aliphatic heterocycles. The molecule has 20 heavy (non-hydrogen) atoms. The van der Waals surface area contributed by atoms with Crippen molar-refractivity contribution < 1.29 is 13.2 Å². The van der Waals surface area contributed by atoms with E-state index in [1.807, 2.05) is 6.92 Å². The van der Waals surface area contributed by atoms with Crippen LogP contribution in [0.4, 0.5) is 0 Å². The van der Waals surface area contributed by atoms with E-state index in [0.29, 0.717) is 12.3 Å². The van der Waals surface area contributed by atoms with Crippen LogP contribution in [-0.2, 0) is 9.84 Å². The van der Waals surface area contributed by atoms with E-state index in [0.717, 1.165) is 44.2 Å². The first-order valence-electron chi connectivity index (χ1n) is 7.04. The fourth-order valence-corrected chi connectivity index (χ4v) is 5.11.